The van der Waals surface area contributed by atoms with Crippen molar-refractivity contribution < 1.29 is 28.6 Å². The van der Waals surface area contributed by atoms with Crippen LogP contribution in [0.1, 0.15) is 75.3 Å². The summed E-state index contributed by atoms with van der Waals surface area (Å²) >= 11 is 0. The van der Waals surface area contributed by atoms with Crippen molar-refractivity contribution in [3.63, 3.8) is 0 Å². The lowest BCUT2D eigenvalue weighted by Crippen LogP contribution is -2.24. The fourth-order valence-electron chi connectivity index (χ4n) is 3.67. The Morgan fingerprint density at radius 3 is 2.27 bits per heavy atom. The molecule has 0 amide bonds. The largest absolute Gasteiger partial charge is 0.500 e. The average Bonchev–Trinajstić information content (AvgIpc) is 3.86. The van der Waals surface area contributed by atoms with Crippen molar-refractivity contribution in [3.05, 3.63) is 57.5 Å². The molecule has 12 nitrogen and oxygen atoms in total. The van der Waals surface area contributed by atoms with E-state index in [4.69, 9.17) is 15.2 Å². The Kier molecular flexibility index (Phi) is 10.8. The van der Waals surface area contributed by atoms with Crippen molar-refractivity contribution in [2.24, 2.45) is 16.6 Å². The third kappa shape index (κ3) is 8.39. The van der Waals surface area contributed by atoms with Crippen molar-refractivity contribution in [2.45, 2.75) is 59.3 Å². The Bertz CT molecular complexity index is 1380. The third-order valence-corrected chi connectivity index (χ3v) is 6.04. The smallest absolute Gasteiger partial charge is 0.345 e. The van der Waals surface area contributed by atoms with Gasteiger partial charge >= 0.3 is 11.9 Å². The number of carbonyl (C=O) groups is 3. The van der Waals surface area contributed by atoms with E-state index in [9.17, 15) is 19.2 Å². The Balaban J connectivity index is 0.000000176. The molecular formula is C28H37N5O7. The standard InChI is InChI=1S/C12H13N3O3.C9H14O4.C7H10N2/c1-2-18-12(17)8-6-13-10-5-9(7-3-4-7)14-15(10)11(8)16;1-4-12-6-8(7(3)10)9(11)13-5-2;8-6-3-7(9-4-6)5-1-2-5/h5-7,14H,2-4H2,1H3;6H,4-5H2,1-3H3;3,5H,1-2,4,8H2/b;8-6-;. The minimum absolute atomic E-state index is 0.0430. The van der Waals surface area contributed by atoms with E-state index in [0.717, 1.165) is 43.0 Å². The van der Waals surface area contributed by atoms with Gasteiger partial charge in [-0.1, -0.05) is 0 Å². The second kappa shape index (κ2) is 14.2. The summed E-state index contributed by atoms with van der Waals surface area (Å²) in [4.78, 5) is 54.1. The molecule has 2 saturated carbocycles. The number of nitrogens with one attached hydrogen (secondary N) is 1. The highest BCUT2D eigenvalue weighted by molar-refractivity contribution is 6.16. The van der Waals surface area contributed by atoms with Crippen molar-refractivity contribution in [2.75, 3.05) is 26.4 Å². The number of carbonyl (C=O) groups excluding carboxylic acids is 3. The second-order valence-electron chi connectivity index (χ2n) is 9.38. The molecule has 0 spiro atoms. The summed E-state index contributed by atoms with van der Waals surface area (Å²) in [6.07, 6.45) is 9.35. The van der Waals surface area contributed by atoms with Gasteiger partial charge in [-0.25, -0.2) is 19.1 Å². The van der Waals surface area contributed by atoms with Crippen LogP contribution in [0.5, 0.6) is 0 Å². The van der Waals surface area contributed by atoms with E-state index in [2.05, 4.69) is 19.8 Å². The molecule has 12 heteroatoms. The molecule has 5 rings (SSSR count). The number of hydrogen-bond donors (Lipinski definition) is 2. The number of ether oxygens (including phenoxy) is 3. The van der Waals surface area contributed by atoms with E-state index in [-0.39, 0.29) is 30.1 Å². The molecule has 2 fully saturated rings. The van der Waals surface area contributed by atoms with E-state index in [0.29, 0.717) is 18.2 Å². The van der Waals surface area contributed by atoms with Crippen molar-refractivity contribution >= 4 is 29.1 Å². The third-order valence-electron chi connectivity index (χ3n) is 6.04. The molecule has 0 saturated heterocycles. The van der Waals surface area contributed by atoms with Gasteiger partial charge in [-0.15, -0.1) is 0 Å². The van der Waals surface area contributed by atoms with Gasteiger partial charge in [0.2, 0.25) is 0 Å². The van der Waals surface area contributed by atoms with Crippen LogP contribution in [0.25, 0.3) is 5.65 Å². The van der Waals surface area contributed by atoms with Crippen LogP contribution in [-0.2, 0) is 23.8 Å². The van der Waals surface area contributed by atoms with Gasteiger partial charge in [0, 0.05) is 41.2 Å². The van der Waals surface area contributed by atoms with Crippen LogP contribution in [0.15, 0.2) is 45.7 Å². The molecule has 40 heavy (non-hydrogen) atoms. The van der Waals surface area contributed by atoms with E-state index in [1.165, 1.54) is 36.2 Å². The van der Waals surface area contributed by atoms with Crippen LogP contribution in [0.3, 0.4) is 0 Å². The molecule has 0 bridgehead atoms. The number of nitrogens with zero attached hydrogens (tertiary/aromatic N) is 3. The summed E-state index contributed by atoms with van der Waals surface area (Å²) in [5.41, 5.74) is 8.74. The normalized spacial score (nSPS) is 16.1. The summed E-state index contributed by atoms with van der Waals surface area (Å²) in [5, 5.41) is 3.00. The second-order valence-corrected chi connectivity index (χ2v) is 9.38. The summed E-state index contributed by atoms with van der Waals surface area (Å²) in [7, 11) is 0. The lowest BCUT2D eigenvalue weighted by molar-refractivity contribution is -0.140. The van der Waals surface area contributed by atoms with Crippen LogP contribution < -0.4 is 11.3 Å². The number of Topliss-reactive ketones (excluding diaryl/α,β-unsaturated/α-hetero) is 1. The van der Waals surface area contributed by atoms with Gasteiger partial charge in [-0.2, -0.15) is 0 Å². The van der Waals surface area contributed by atoms with Crippen LogP contribution in [0, 0.1) is 5.92 Å². The van der Waals surface area contributed by atoms with Crippen LogP contribution in [0.2, 0.25) is 0 Å². The Morgan fingerprint density at radius 1 is 1.07 bits per heavy atom. The maximum absolute atomic E-state index is 12.1. The predicted molar refractivity (Wildman–Crippen MR) is 148 cm³/mol. The molecule has 0 aromatic carbocycles. The van der Waals surface area contributed by atoms with Crippen molar-refractivity contribution in [1.29, 1.82) is 0 Å². The number of nitrogens with two attached hydrogens (primary N) is 1. The highest BCUT2D eigenvalue weighted by Crippen LogP contribution is 2.39. The minimum Gasteiger partial charge on any atom is -0.500 e. The predicted octanol–water partition coefficient (Wildman–Crippen LogP) is 2.83. The topological polar surface area (TPSA) is 167 Å². The Morgan fingerprint density at radius 2 is 1.75 bits per heavy atom. The molecule has 3 heterocycles. The first-order chi connectivity index (χ1) is 19.2. The minimum atomic E-state index is -0.636. The van der Waals surface area contributed by atoms with Gasteiger partial charge in [0.25, 0.3) is 5.56 Å². The first-order valence-electron chi connectivity index (χ1n) is 13.5. The van der Waals surface area contributed by atoms with E-state index in [1.807, 2.05) is 12.1 Å². The summed E-state index contributed by atoms with van der Waals surface area (Å²) in [6.45, 7) is 8.06. The van der Waals surface area contributed by atoms with Crippen molar-refractivity contribution in [3.8, 4) is 0 Å². The number of aliphatic imine (C=N–C) groups is 1. The number of esters is 2. The Hall–Kier alpha value is -4.22. The first-order valence-corrected chi connectivity index (χ1v) is 13.5. The fraction of sp³-hybridized carbons (Fsp3) is 0.500. The number of rotatable bonds is 9. The molecule has 0 radical (unpaired) electrons. The molecule has 0 unspecified atom stereocenters. The maximum Gasteiger partial charge on any atom is 0.345 e. The van der Waals surface area contributed by atoms with Crippen LogP contribution in [0.4, 0.5) is 0 Å². The van der Waals surface area contributed by atoms with Crippen LogP contribution >= 0.6 is 0 Å². The van der Waals surface area contributed by atoms with E-state index in [1.54, 1.807) is 20.8 Å². The summed E-state index contributed by atoms with van der Waals surface area (Å²) in [6, 6.07) is 1.86. The maximum atomic E-state index is 12.1. The van der Waals surface area contributed by atoms with Gasteiger partial charge in [0.1, 0.15) is 17.4 Å². The molecule has 3 N–H and O–H groups in total. The quantitative estimate of drug-likeness (QED) is 0.155. The molecular weight excluding hydrogens is 518 g/mol. The highest BCUT2D eigenvalue weighted by Gasteiger charge is 2.28. The molecule has 2 aromatic heterocycles. The monoisotopic (exact) mass is 555 g/mol. The van der Waals surface area contributed by atoms with Crippen molar-refractivity contribution in [1.82, 2.24) is 14.6 Å². The van der Waals surface area contributed by atoms with Gasteiger partial charge in [0.15, 0.2) is 11.4 Å². The SMILES string of the molecule is CCO/C=C(/C(C)=O)C(=O)OCC.CCOC(=O)c1cnc2cc(C3CC3)[nH]n2c1=O.NC1=CC(C2CC2)=NC1. The van der Waals surface area contributed by atoms with Gasteiger partial charge in [-0.05, 0) is 59.5 Å². The lowest BCUT2D eigenvalue weighted by atomic mass is 10.2. The zero-order valence-electron chi connectivity index (χ0n) is 23.4. The van der Waals surface area contributed by atoms with Gasteiger partial charge < -0.3 is 19.9 Å². The highest BCUT2D eigenvalue weighted by atomic mass is 16.5. The zero-order valence-corrected chi connectivity index (χ0v) is 23.4. The number of aromatic nitrogens is 3. The zero-order chi connectivity index (χ0) is 29.2. The molecule has 2 aromatic rings. The fourth-order valence-corrected chi connectivity index (χ4v) is 3.67. The molecule has 3 aliphatic rings. The average molecular weight is 556 g/mol. The Labute approximate surface area is 232 Å². The number of hydrogen-bond acceptors (Lipinski definition) is 10. The number of aromatic amines is 1. The summed E-state index contributed by atoms with van der Waals surface area (Å²) in [5.74, 6) is -0.356. The lowest BCUT2D eigenvalue weighted by Gasteiger charge is -2.03. The van der Waals surface area contributed by atoms with Crippen LogP contribution in [-0.4, -0.2) is 64.4 Å². The number of allylic oxidation sites excluding steroid dienone is 1. The van der Waals surface area contributed by atoms with Gasteiger partial charge in [-0.3, -0.25) is 19.7 Å². The van der Waals surface area contributed by atoms with E-state index >= 15 is 0 Å². The first kappa shape index (κ1) is 30.3. The number of fused-ring (bicyclic) bond motifs is 1. The van der Waals surface area contributed by atoms with E-state index < -0.39 is 17.5 Å². The number of H-pyrrole nitrogens is 1. The molecule has 0 atom stereocenters. The molecule has 1 aliphatic heterocycles. The summed E-state index contributed by atoms with van der Waals surface area (Å²) < 4.78 is 15.6. The molecule has 2 aliphatic carbocycles. The molecule has 216 valence electrons. The van der Waals surface area contributed by atoms with Gasteiger partial charge in [0.05, 0.1) is 26.4 Å². The number of ketones is 1.